The monoisotopic (exact) mass is 266 g/mol. The maximum Gasteiger partial charge on any atom is 0.287 e. The van der Waals surface area contributed by atoms with Crippen molar-refractivity contribution in [2.24, 2.45) is 5.92 Å². The minimum absolute atomic E-state index is 0.0126. The Hall–Kier alpha value is -1.69. The Labute approximate surface area is 114 Å². The van der Waals surface area contributed by atoms with Crippen molar-refractivity contribution in [2.75, 3.05) is 26.0 Å². The van der Waals surface area contributed by atoms with E-state index in [9.17, 15) is 10.1 Å². The van der Waals surface area contributed by atoms with Crippen molar-refractivity contribution in [1.29, 1.82) is 0 Å². The Morgan fingerprint density at radius 2 is 2.11 bits per heavy atom. The normalized spacial score (nSPS) is 12.7. The van der Waals surface area contributed by atoms with Crippen LogP contribution >= 0.6 is 0 Å². The number of anilines is 1. The first kappa shape index (κ1) is 15.4. The second kappa shape index (κ2) is 7.04. The molecule has 0 aliphatic heterocycles. The number of pyridine rings is 1. The van der Waals surface area contributed by atoms with Gasteiger partial charge in [-0.25, -0.2) is 4.98 Å². The van der Waals surface area contributed by atoms with Crippen LogP contribution in [0.25, 0.3) is 0 Å². The molecule has 106 valence electrons. The van der Waals surface area contributed by atoms with E-state index in [1.54, 1.807) is 6.07 Å². The highest BCUT2D eigenvalue weighted by atomic mass is 16.6. The fraction of sp³-hybridized carbons (Fsp3) is 0.615. The van der Waals surface area contributed by atoms with E-state index in [-0.39, 0.29) is 11.7 Å². The van der Waals surface area contributed by atoms with Gasteiger partial charge in [0.05, 0.1) is 4.92 Å². The van der Waals surface area contributed by atoms with Gasteiger partial charge in [-0.3, -0.25) is 10.1 Å². The van der Waals surface area contributed by atoms with Gasteiger partial charge in [-0.1, -0.05) is 13.8 Å². The van der Waals surface area contributed by atoms with Gasteiger partial charge in [0.25, 0.3) is 5.69 Å². The van der Waals surface area contributed by atoms with Crippen LogP contribution in [0.5, 0.6) is 0 Å². The second-order valence-electron chi connectivity index (χ2n) is 5.39. The lowest BCUT2D eigenvalue weighted by molar-refractivity contribution is -0.385. The van der Waals surface area contributed by atoms with Crippen molar-refractivity contribution in [3.63, 3.8) is 0 Å². The van der Waals surface area contributed by atoms with Crippen molar-refractivity contribution in [2.45, 2.75) is 26.3 Å². The van der Waals surface area contributed by atoms with E-state index >= 15 is 0 Å². The molecule has 0 bridgehead atoms. The Bertz CT molecular complexity index is 394. The van der Waals surface area contributed by atoms with Crippen molar-refractivity contribution in [3.8, 4) is 0 Å². The third kappa shape index (κ3) is 5.65. The summed E-state index contributed by atoms with van der Waals surface area (Å²) in [6.45, 7) is 5.25. The van der Waals surface area contributed by atoms with Crippen LogP contribution in [-0.2, 0) is 0 Å². The summed E-state index contributed by atoms with van der Waals surface area (Å²) in [6, 6.07) is 3.40. The molecule has 0 fully saturated rings. The Kier molecular flexibility index (Phi) is 5.69. The van der Waals surface area contributed by atoms with E-state index in [1.807, 2.05) is 14.1 Å². The van der Waals surface area contributed by atoms with E-state index < -0.39 is 4.92 Å². The molecule has 0 amide bonds. The molecule has 1 aromatic heterocycles. The van der Waals surface area contributed by atoms with Gasteiger partial charge in [-0.2, -0.15) is 0 Å². The Morgan fingerprint density at radius 3 is 2.53 bits per heavy atom. The zero-order chi connectivity index (χ0) is 14.4. The van der Waals surface area contributed by atoms with Crippen molar-refractivity contribution < 1.29 is 4.92 Å². The van der Waals surface area contributed by atoms with Gasteiger partial charge < -0.3 is 10.2 Å². The molecule has 1 N–H and O–H groups in total. The van der Waals surface area contributed by atoms with Gasteiger partial charge in [-0.15, -0.1) is 0 Å². The second-order valence-corrected chi connectivity index (χ2v) is 5.39. The third-order valence-corrected chi connectivity index (χ3v) is 2.65. The van der Waals surface area contributed by atoms with Crippen molar-refractivity contribution >= 4 is 11.5 Å². The molecule has 0 radical (unpaired) electrons. The highest BCUT2D eigenvalue weighted by molar-refractivity contribution is 5.40. The molecule has 6 heteroatoms. The van der Waals surface area contributed by atoms with Gasteiger partial charge >= 0.3 is 0 Å². The van der Waals surface area contributed by atoms with Gasteiger partial charge in [0, 0.05) is 18.7 Å². The van der Waals surface area contributed by atoms with Crippen LogP contribution < -0.4 is 5.32 Å². The average Bonchev–Trinajstić information content (AvgIpc) is 2.27. The molecule has 6 nitrogen and oxygen atoms in total. The lowest BCUT2D eigenvalue weighted by Gasteiger charge is -2.24. The van der Waals surface area contributed by atoms with Crippen LogP contribution in [0.4, 0.5) is 11.5 Å². The standard InChI is InChI=1S/C13H22N4O2/c1-10(2)7-11(9-16(3)4)15-13-6-5-12(8-14-13)17(18)19/h5-6,8,10-11H,7,9H2,1-4H3,(H,14,15). The number of rotatable bonds is 7. The highest BCUT2D eigenvalue weighted by Crippen LogP contribution is 2.15. The molecule has 1 heterocycles. The molecule has 0 aliphatic carbocycles. The molecule has 1 rings (SSSR count). The highest BCUT2D eigenvalue weighted by Gasteiger charge is 2.13. The summed E-state index contributed by atoms with van der Waals surface area (Å²) in [5, 5.41) is 13.9. The fourth-order valence-corrected chi connectivity index (χ4v) is 1.98. The molecule has 1 aromatic rings. The topological polar surface area (TPSA) is 71.3 Å². The number of nitrogens with one attached hydrogen (secondary N) is 1. The Morgan fingerprint density at radius 1 is 1.42 bits per heavy atom. The lowest BCUT2D eigenvalue weighted by atomic mass is 10.0. The summed E-state index contributed by atoms with van der Waals surface area (Å²) in [4.78, 5) is 16.3. The molecule has 0 aromatic carbocycles. The number of likely N-dealkylation sites (N-methyl/N-ethyl adjacent to an activating group) is 1. The van der Waals surface area contributed by atoms with Gasteiger partial charge in [0.15, 0.2) is 0 Å². The zero-order valence-electron chi connectivity index (χ0n) is 12.0. The first-order valence-corrected chi connectivity index (χ1v) is 6.40. The van der Waals surface area contributed by atoms with Crippen LogP contribution in [0.15, 0.2) is 18.3 Å². The van der Waals surface area contributed by atoms with Crippen LogP contribution in [0.3, 0.4) is 0 Å². The van der Waals surface area contributed by atoms with Gasteiger partial charge in [0.2, 0.25) is 0 Å². The summed E-state index contributed by atoms with van der Waals surface area (Å²) in [5.74, 6) is 1.26. The molecule has 1 atom stereocenters. The van der Waals surface area contributed by atoms with Crippen LogP contribution in [0, 0.1) is 16.0 Å². The van der Waals surface area contributed by atoms with Gasteiger partial charge in [-0.05, 0) is 32.5 Å². The lowest BCUT2D eigenvalue weighted by Crippen LogP contribution is -2.33. The van der Waals surface area contributed by atoms with E-state index in [1.165, 1.54) is 12.3 Å². The molecule has 0 aliphatic rings. The largest absolute Gasteiger partial charge is 0.366 e. The number of nitrogens with zero attached hydrogens (tertiary/aromatic N) is 3. The molecule has 0 saturated heterocycles. The molecule has 0 saturated carbocycles. The maximum absolute atomic E-state index is 10.6. The summed E-state index contributed by atoms with van der Waals surface area (Å²) < 4.78 is 0. The number of nitro groups is 1. The predicted molar refractivity (Wildman–Crippen MR) is 76.3 cm³/mol. The fourth-order valence-electron chi connectivity index (χ4n) is 1.98. The summed E-state index contributed by atoms with van der Waals surface area (Å²) >= 11 is 0. The summed E-state index contributed by atoms with van der Waals surface area (Å²) in [5.41, 5.74) is 0.0126. The summed E-state index contributed by atoms with van der Waals surface area (Å²) in [6.07, 6.45) is 2.31. The minimum atomic E-state index is -0.442. The quantitative estimate of drug-likeness (QED) is 0.606. The molecule has 0 spiro atoms. The first-order chi connectivity index (χ1) is 8.88. The van der Waals surface area contributed by atoms with E-state index in [4.69, 9.17) is 0 Å². The van der Waals surface area contributed by atoms with Crippen LogP contribution in [0.2, 0.25) is 0 Å². The Balaban J connectivity index is 2.69. The minimum Gasteiger partial charge on any atom is -0.366 e. The van der Waals surface area contributed by atoms with E-state index in [2.05, 4.69) is 29.0 Å². The first-order valence-electron chi connectivity index (χ1n) is 6.40. The maximum atomic E-state index is 10.6. The van der Waals surface area contributed by atoms with E-state index in [0.717, 1.165) is 13.0 Å². The molecular weight excluding hydrogens is 244 g/mol. The van der Waals surface area contributed by atoms with Crippen LogP contribution in [0.1, 0.15) is 20.3 Å². The average molecular weight is 266 g/mol. The zero-order valence-corrected chi connectivity index (χ0v) is 12.0. The SMILES string of the molecule is CC(C)CC(CN(C)C)Nc1ccc([N+](=O)[O-])cn1. The molecular formula is C13H22N4O2. The van der Waals surface area contributed by atoms with E-state index in [0.29, 0.717) is 11.7 Å². The molecule has 19 heavy (non-hydrogen) atoms. The van der Waals surface area contributed by atoms with Gasteiger partial charge in [0.1, 0.15) is 12.0 Å². The van der Waals surface area contributed by atoms with Crippen molar-refractivity contribution in [1.82, 2.24) is 9.88 Å². The van der Waals surface area contributed by atoms with Crippen LogP contribution in [-0.4, -0.2) is 41.5 Å². The number of hydrogen-bond acceptors (Lipinski definition) is 5. The molecule has 1 unspecified atom stereocenters. The smallest absolute Gasteiger partial charge is 0.287 e. The number of aromatic nitrogens is 1. The van der Waals surface area contributed by atoms with Crippen molar-refractivity contribution in [3.05, 3.63) is 28.4 Å². The summed E-state index contributed by atoms with van der Waals surface area (Å²) in [7, 11) is 4.05. The number of hydrogen-bond donors (Lipinski definition) is 1. The third-order valence-electron chi connectivity index (χ3n) is 2.65. The predicted octanol–water partition coefficient (Wildman–Crippen LogP) is 2.38.